The summed E-state index contributed by atoms with van der Waals surface area (Å²) in [7, 11) is 7.04. The maximum absolute atomic E-state index is 14.0. The van der Waals surface area contributed by atoms with Crippen LogP contribution < -0.4 is 20.7 Å². The lowest BCUT2D eigenvalue weighted by atomic mass is 10.1. The number of aromatic nitrogens is 2. The number of likely N-dealkylation sites (N-methyl/N-ethyl adjacent to an activating group) is 1. The molecule has 1 fully saturated rings. The minimum atomic E-state index is -0.481. The third-order valence-corrected chi connectivity index (χ3v) is 6.00. The molecule has 1 atom stereocenters. The van der Waals surface area contributed by atoms with Crippen LogP contribution >= 0.6 is 0 Å². The van der Waals surface area contributed by atoms with Crippen LogP contribution in [0.4, 0.5) is 21.8 Å². The van der Waals surface area contributed by atoms with Crippen LogP contribution in [-0.2, 0) is 16.0 Å². The van der Waals surface area contributed by atoms with Gasteiger partial charge in [-0.15, -0.1) is 0 Å². The molecule has 0 radical (unpaired) electrons. The molecule has 0 unspecified atom stereocenters. The first-order valence-electron chi connectivity index (χ1n) is 12.4. The highest BCUT2D eigenvalue weighted by Gasteiger charge is 2.32. The summed E-state index contributed by atoms with van der Waals surface area (Å²) < 4.78 is 18.9. The number of carbonyl (C=O) groups is 2. The SMILES string of the molecule is CNc1nc(Nc2ccc(OC)c(F)c2)ncc1CCCNC(=O)[C@@H]1CCCN1C(=O)/C=C/CN(C)C. The number of hydrogen-bond donors (Lipinski definition) is 3. The van der Waals surface area contributed by atoms with Gasteiger partial charge in [0, 0.05) is 56.3 Å². The predicted octanol–water partition coefficient (Wildman–Crippen LogP) is 2.57. The largest absolute Gasteiger partial charge is 0.494 e. The van der Waals surface area contributed by atoms with Gasteiger partial charge in [0.25, 0.3) is 0 Å². The highest BCUT2D eigenvalue weighted by molar-refractivity contribution is 5.93. The van der Waals surface area contributed by atoms with E-state index in [2.05, 4.69) is 25.9 Å². The number of anilines is 3. The summed E-state index contributed by atoms with van der Waals surface area (Å²) in [6.07, 6.45) is 7.89. The Bertz CT molecular complexity index is 1110. The summed E-state index contributed by atoms with van der Waals surface area (Å²) in [6.45, 7) is 1.74. The summed E-state index contributed by atoms with van der Waals surface area (Å²) in [5.74, 6) is 0.413. The molecule has 3 rings (SSSR count). The second-order valence-electron chi connectivity index (χ2n) is 9.04. The van der Waals surface area contributed by atoms with Gasteiger partial charge in [-0.05, 0) is 51.9 Å². The molecule has 2 amide bonds. The smallest absolute Gasteiger partial charge is 0.246 e. The van der Waals surface area contributed by atoms with Crippen molar-refractivity contribution in [3.05, 3.63) is 47.9 Å². The van der Waals surface area contributed by atoms with E-state index in [-0.39, 0.29) is 17.6 Å². The number of nitrogens with zero attached hydrogens (tertiary/aromatic N) is 4. The van der Waals surface area contributed by atoms with E-state index >= 15 is 0 Å². The molecule has 2 heterocycles. The van der Waals surface area contributed by atoms with Gasteiger partial charge in [-0.2, -0.15) is 4.98 Å². The predicted molar refractivity (Wildman–Crippen MR) is 142 cm³/mol. The summed E-state index contributed by atoms with van der Waals surface area (Å²) in [6, 6.07) is 4.10. The molecule has 0 saturated carbocycles. The zero-order valence-corrected chi connectivity index (χ0v) is 21.9. The standard InChI is InChI=1S/C26H36FN7O3/c1-28-24-18(17-30-26(32-24)31-19-11-12-22(37-4)20(27)16-19)8-5-13-29-25(36)21-9-6-15-34(21)23(35)10-7-14-33(2)3/h7,10-12,16-17,21H,5-6,8-9,13-15H2,1-4H3,(H,29,36)(H2,28,30,31,32)/b10-7+/t21-/m0/s1. The van der Waals surface area contributed by atoms with Crippen LogP contribution in [0.15, 0.2) is 36.5 Å². The van der Waals surface area contributed by atoms with Crippen LogP contribution in [0.3, 0.4) is 0 Å². The molecule has 11 heteroatoms. The quantitative estimate of drug-likeness (QED) is 0.293. The molecule has 10 nitrogen and oxygen atoms in total. The van der Waals surface area contributed by atoms with E-state index in [1.54, 1.807) is 30.3 Å². The first-order chi connectivity index (χ1) is 17.8. The number of halogens is 1. The minimum Gasteiger partial charge on any atom is -0.494 e. The molecule has 3 N–H and O–H groups in total. The van der Waals surface area contributed by atoms with Crippen LogP contribution in [0.25, 0.3) is 0 Å². The van der Waals surface area contributed by atoms with Gasteiger partial charge in [-0.3, -0.25) is 9.59 Å². The Morgan fingerprint density at radius 3 is 2.84 bits per heavy atom. The second-order valence-corrected chi connectivity index (χ2v) is 9.04. The van der Waals surface area contributed by atoms with Crippen molar-refractivity contribution in [2.75, 3.05) is 58.5 Å². The highest BCUT2D eigenvalue weighted by atomic mass is 19.1. The molecule has 1 aromatic heterocycles. The van der Waals surface area contributed by atoms with E-state index < -0.39 is 11.9 Å². The van der Waals surface area contributed by atoms with Gasteiger partial charge < -0.3 is 30.5 Å². The Balaban J connectivity index is 1.50. The first-order valence-corrected chi connectivity index (χ1v) is 12.4. The molecule has 2 aromatic rings. The van der Waals surface area contributed by atoms with Crippen molar-refractivity contribution in [1.82, 2.24) is 25.1 Å². The lowest BCUT2D eigenvalue weighted by Gasteiger charge is -2.22. The van der Waals surface area contributed by atoms with Crippen LogP contribution in [0.2, 0.25) is 0 Å². The molecule has 1 aromatic carbocycles. The Morgan fingerprint density at radius 2 is 2.14 bits per heavy atom. The average Bonchev–Trinajstić information content (AvgIpc) is 3.37. The highest BCUT2D eigenvalue weighted by Crippen LogP contribution is 2.24. The van der Waals surface area contributed by atoms with E-state index in [1.165, 1.54) is 19.2 Å². The van der Waals surface area contributed by atoms with E-state index in [0.717, 1.165) is 12.0 Å². The number of nitrogens with one attached hydrogen (secondary N) is 3. The van der Waals surface area contributed by atoms with E-state index in [1.807, 2.05) is 25.1 Å². The number of benzene rings is 1. The molecule has 0 aliphatic carbocycles. The Kier molecular flexibility index (Phi) is 10.2. The van der Waals surface area contributed by atoms with Crippen molar-refractivity contribution < 1.29 is 18.7 Å². The van der Waals surface area contributed by atoms with Crippen molar-refractivity contribution in [1.29, 1.82) is 0 Å². The van der Waals surface area contributed by atoms with E-state index in [4.69, 9.17) is 4.74 Å². The zero-order chi connectivity index (χ0) is 26.8. The number of likely N-dealkylation sites (tertiary alicyclic amines) is 1. The number of ether oxygens (including phenoxy) is 1. The molecule has 0 bridgehead atoms. The molecule has 1 saturated heterocycles. The van der Waals surface area contributed by atoms with Crippen molar-refractivity contribution in [2.24, 2.45) is 0 Å². The molecule has 1 aliphatic heterocycles. The summed E-state index contributed by atoms with van der Waals surface area (Å²) in [4.78, 5) is 37.7. The lowest BCUT2D eigenvalue weighted by molar-refractivity contribution is -0.135. The summed E-state index contributed by atoms with van der Waals surface area (Å²) in [5, 5.41) is 9.02. The maximum atomic E-state index is 14.0. The van der Waals surface area contributed by atoms with Gasteiger partial charge in [0.1, 0.15) is 11.9 Å². The average molecular weight is 514 g/mol. The maximum Gasteiger partial charge on any atom is 0.246 e. The molecule has 0 spiro atoms. The van der Waals surface area contributed by atoms with E-state index in [0.29, 0.717) is 56.4 Å². The van der Waals surface area contributed by atoms with Gasteiger partial charge >= 0.3 is 0 Å². The van der Waals surface area contributed by atoms with Crippen molar-refractivity contribution in [2.45, 2.75) is 31.7 Å². The summed E-state index contributed by atoms with van der Waals surface area (Å²) >= 11 is 0. The number of hydrogen-bond acceptors (Lipinski definition) is 8. The van der Waals surface area contributed by atoms with Gasteiger partial charge in [0.05, 0.1) is 7.11 Å². The van der Waals surface area contributed by atoms with Crippen LogP contribution in [-0.4, -0.2) is 85.5 Å². The summed E-state index contributed by atoms with van der Waals surface area (Å²) in [5.41, 5.74) is 1.40. The molecule has 1 aliphatic rings. The molecule has 37 heavy (non-hydrogen) atoms. The number of rotatable bonds is 12. The molecular weight excluding hydrogens is 477 g/mol. The molecular formula is C26H36FN7O3. The fourth-order valence-corrected chi connectivity index (χ4v) is 4.11. The second kappa shape index (κ2) is 13.5. The van der Waals surface area contributed by atoms with Crippen LogP contribution in [0.5, 0.6) is 5.75 Å². The number of amides is 2. The first kappa shape index (κ1) is 27.9. The Hall–Kier alpha value is -3.73. The topological polar surface area (TPSA) is 112 Å². The Morgan fingerprint density at radius 1 is 1.32 bits per heavy atom. The van der Waals surface area contributed by atoms with Gasteiger partial charge in [-0.1, -0.05) is 6.08 Å². The zero-order valence-electron chi connectivity index (χ0n) is 21.9. The van der Waals surface area contributed by atoms with Crippen LogP contribution in [0, 0.1) is 5.82 Å². The van der Waals surface area contributed by atoms with Crippen molar-refractivity contribution in [3.8, 4) is 5.75 Å². The third-order valence-electron chi connectivity index (χ3n) is 6.00. The van der Waals surface area contributed by atoms with Gasteiger partial charge in [0.15, 0.2) is 11.6 Å². The van der Waals surface area contributed by atoms with Crippen molar-refractivity contribution in [3.63, 3.8) is 0 Å². The van der Waals surface area contributed by atoms with Crippen molar-refractivity contribution >= 4 is 29.3 Å². The third kappa shape index (κ3) is 7.88. The molecule has 200 valence electrons. The number of aryl methyl sites for hydroxylation is 1. The number of methoxy groups -OCH3 is 1. The Labute approximate surface area is 217 Å². The van der Waals surface area contributed by atoms with Gasteiger partial charge in [-0.25, -0.2) is 9.37 Å². The normalized spacial score (nSPS) is 15.3. The van der Waals surface area contributed by atoms with Crippen LogP contribution in [0.1, 0.15) is 24.8 Å². The fourth-order valence-electron chi connectivity index (χ4n) is 4.11. The number of carbonyl (C=O) groups excluding carboxylic acids is 2. The fraction of sp³-hybridized carbons (Fsp3) is 0.462. The van der Waals surface area contributed by atoms with E-state index in [9.17, 15) is 14.0 Å². The minimum absolute atomic E-state index is 0.122. The lowest BCUT2D eigenvalue weighted by Crippen LogP contribution is -2.45. The monoisotopic (exact) mass is 513 g/mol. The van der Waals surface area contributed by atoms with Gasteiger partial charge in [0.2, 0.25) is 17.8 Å².